The van der Waals surface area contributed by atoms with Crippen LogP contribution < -0.4 is 20.1 Å². The highest BCUT2D eigenvalue weighted by atomic mass is 32.1. The van der Waals surface area contributed by atoms with Gasteiger partial charge in [-0.25, -0.2) is 4.98 Å². The number of amides is 2. The molecule has 182 valence electrons. The van der Waals surface area contributed by atoms with E-state index in [0.29, 0.717) is 35.0 Å². The smallest absolute Gasteiger partial charge is 0.255 e. The van der Waals surface area contributed by atoms with Crippen LogP contribution in [-0.2, 0) is 11.4 Å². The Morgan fingerprint density at radius 3 is 2.56 bits per heavy atom. The molecule has 0 radical (unpaired) electrons. The molecule has 4 aromatic rings. The number of anilines is 2. The van der Waals surface area contributed by atoms with E-state index in [1.165, 1.54) is 6.08 Å². The second-order valence-corrected chi connectivity index (χ2v) is 8.84. The summed E-state index contributed by atoms with van der Waals surface area (Å²) in [6.45, 7) is 2.35. The molecule has 0 bridgehead atoms. The fraction of sp³-hybridized carbons (Fsp3) is 0.107. The lowest BCUT2D eigenvalue weighted by molar-refractivity contribution is -0.111. The van der Waals surface area contributed by atoms with Crippen molar-refractivity contribution < 1.29 is 19.1 Å². The Hall–Kier alpha value is -4.43. The predicted octanol–water partition coefficient (Wildman–Crippen LogP) is 5.94. The third kappa shape index (κ3) is 6.80. The van der Waals surface area contributed by atoms with Gasteiger partial charge in [0.05, 0.1) is 23.5 Å². The maximum atomic E-state index is 12.6. The number of hydrogen-bond acceptors (Lipinski definition) is 6. The van der Waals surface area contributed by atoms with Gasteiger partial charge < -0.3 is 20.1 Å². The molecule has 0 aliphatic rings. The Bertz CT molecular complexity index is 1380. The Balaban J connectivity index is 1.31. The Morgan fingerprint density at radius 1 is 1.00 bits per heavy atom. The number of nitrogens with zero attached hydrogens (tertiary/aromatic N) is 1. The SMILES string of the molecule is COc1ccccc1NC(=O)c1ccc(NC(=O)/C=C/c2cccc(OCc3csc(C)n3)c2)cc1. The molecule has 0 aliphatic heterocycles. The lowest BCUT2D eigenvalue weighted by Crippen LogP contribution is -2.13. The molecular weight excluding hydrogens is 474 g/mol. The standard InChI is InChI=1S/C28H25N3O4S/c1-19-29-23(18-36-19)17-35-24-7-5-6-20(16-24)10-15-27(32)30-22-13-11-21(12-14-22)28(33)31-25-8-3-4-9-26(25)34-2/h3-16,18H,17H2,1-2H3,(H,30,32)(H,31,33)/b15-10+. The van der Waals surface area contributed by atoms with Crippen molar-refractivity contribution in [1.82, 2.24) is 4.98 Å². The van der Waals surface area contributed by atoms with E-state index in [1.54, 1.807) is 60.9 Å². The van der Waals surface area contributed by atoms with Gasteiger partial charge in [-0.05, 0) is 67.1 Å². The predicted molar refractivity (Wildman–Crippen MR) is 143 cm³/mol. The third-order valence-electron chi connectivity index (χ3n) is 5.11. The minimum atomic E-state index is -0.287. The van der Waals surface area contributed by atoms with E-state index in [-0.39, 0.29) is 11.8 Å². The zero-order chi connectivity index (χ0) is 25.3. The first-order valence-corrected chi connectivity index (χ1v) is 12.1. The first-order chi connectivity index (χ1) is 17.5. The van der Waals surface area contributed by atoms with Crippen LogP contribution in [0, 0.1) is 6.92 Å². The molecule has 8 heteroatoms. The molecule has 4 rings (SSSR count). The number of rotatable bonds is 9. The van der Waals surface area contributed by atoms with Crippen molar-refractivity contribution >= 4 is 40.6 Å². The summed E-state index contributed by atoms with van der Waals surface area (Å²) in [5.41, 5.74) is 3.34. The molecule has 0 unspecified atom stereocenters. The Kier molecular flexibility index (Phi) is 8.10. The summed E-state index contributed by atoms with van der Waals surface area (Å²) < 4.78 is 11.1. The average Bonchev–Trinajstić information content (AvgIpc) is 3.32. The number of carbonyl (C=O) groups excluding carboxylic acids is 2. The normalized spacial score (nSPS) is 10.7. The van der Waals surface area contributed by atoms with Gasteiger partial charge in [0.1, 0.15) is 18.1 Å². The van der Waals surface area contributed by atoms with Crippen LogP contribution in [0.4, 0.5) is 11.4 Å². The molecule has 0 spiro atoms. The fourth-order valence-electron chi connectivity index (χ4n) is 3.34. The summed E-state index contributed by atoms with van der Waals surface area (Å²) in [4.78, 5) is 29.3. The van der Waals surface area contributed by atoms with E-state index in [9.17, 15) is 9.59 Å². The van der Waals surface area contributed by atoms with Gasteiger partial charge in [0.2, 0.25) is 5.91 Å². The van der Waals surface area contributed by atoms with Crippen molar-refractivity contribution in [3.63, 3.8) is 0 Å². The quantitative estimate of drug-likeness (QED) is 0.278. The van der Waals surface area contributed by atoms with Crippen molar-refractivity contribution in [1.29, 1.82) is 0 Å². The number of nitrogens with one attached hydrogen (secondary N) is 2. The summed E-state index contributed by atoms with van der Waals surface area (Å²) in [7, 11) is 1.55. The number of aryl methyl sites for hydroxylation is 1. The highest BCUT2D eigenvalue weighted by Crippen LogP contribution is 2.24. The van der Waals surface area contributed by atoms with Crippen LogP contribution in [0.25, 0.3) is 6.08 Å². The van der Waals surface area contributed by atoms with Crippen LogP contribution in [0.15, 0.2) is 84.3 Å². The average molecular weight is 500 g/mol. The van der Waals surface area contributed by atoms with Crippen LogP contribution in [0.2, 0.25) is 0 Å². The van der Waals surface area contributed by atoms with Gasteiger partial charge in [-0.1, -0.05) is 24.3 Å². The highest BCUT2D eigenvalue weighted by molar-refractivity contribution is 7.09. The second kappa shape index (κ2) is 11.8. The van der Waals surface area contributed by atoms with Crippen molar-refractivity contribution in [2.45, 2.75) is 13.5 Å². The molecule has 1 aromatic heterocycles. The third-order valence-corrected chi connectivity index (χ3v) is 5.93. The number of aromatic nitrogens is 1. The molecule has 2 N–H and O–H groups in total. The molecule has 0 fully saturated rings. The minimum absolute atomic E-state index is 0.274. The number of ether oxygens (including phenoxy) is 2. The molecule has 7 nitrogen and oxygen atoms in total. The molecule has 0 atom stereocenters. The molecule has 1 heterocycles. The highest BCUT2D eigenvalue weighted by Gasteiger charge is 2.09. The second-order valence-electron chi connectivity index (χ2n) is 7.77. The maximum Gasteiger partial charge on any atom is 0.255 e. The van der Waals surface area contributed by atoms with Crippen molar-refractivity contribution in [3.05, 3.63) is 106 Å². The van der Waals surface area contributed by atoms with E-state index < -0.39 is 0 Å². The lowest BCUT2D eigenvalue weighted by Gasteiger charge is -2.10. The zero-order valence-corrected chi connectivity index (χ0v) is 20.7. The van der Waals surface area contributed by atoms with Crippen LogP contribution in [0.5, 0.6) is 11.5 Å². The molecule has 0 aliphatic carbocycles. The summed E-state index contributed by atoms with van der Waals surface area (Å²) in [5, 5.41) is 8.60. The van der Waals surface area contributed by atoms with E-state index in [4.69, 9.17) is 9.47 Å². The molecule has 0 saturated heterocycles. The van der Waals surface area contributed by atoms with E-state index in [2.05, 4.69) is 15.6 Å². The van der Waals surface area contributed by atoms with Crippen molar-refractivity contribution in [3.8, 4) is 11.5 Å². The number of benzene rings is 3. The first-order valence-electron chi connectivity index (χ1n) is 11.2. The van der Waals surface area contributed by atoms with Crippen LogP contribution >= 0.6 is 11.3 Å². The van der Waals surface area contributed by atoms with Gasteiger partial charge in [-0.3, -0.25) is 9.59 Å². The van der Waals surface area contributed by atoms with Crippen LogP contribution in [0.3, 0.4) is 0 Å². The topological polar surface area (TPSA) is 89.6 Å². The van der Waals surface area contributed by atoms with Gasteiger partial charge >= 0.3 is 0 Å². The van der Waals surface area contributed by atoms with Gasteiger partial charge in [0.25, 0.3) is 5.91 Å². The van der Waals surface area contributed by atoms with Gasteiger partial charge in [-0.15, -0.1) is 11.3 Å². The van der Waals surface area contributed by atoms with E-state index in [0.717, 1.165) is 16.3 Å². The molecule has 2 amide bonds. The Morgan fingerprint density at radius 2 is 1.81 bits per heavy atom. The van der Waals surface area contributed by atoms with E-state index in [1.807, 2.05) is 48.7 Å². The van der Waals surface area contributed by atoms with Crippen LogP contribution in [0.1, 0.15) is 26.6 Å². The largest absolute Gasteiger partial charge is 0.495 e. The summed E-state index contributed by atoms with van der Waals surface area (Å²) >= 11 is 1.59. The van der Waals surface area contributed by atoms with Gasteiger partial charge in [-0.2, -0.15) is 0 Å². The lowest BCUT2D eigenvalue weighted by atomic mass is 10.1. The molecule has 3 aromatic carbocycles. The Labute approximate surface area is 213 Å². The number of para-hydroxylation sites is 2. The number of hydrogen-bond donors (Lipinski definition) is 2. The zero-order valence-electron chi connectivity index (χ0n) is 19.9. The summed E-state index contributed by atoms with van der Waals surface area (Å²) in [6, 6.07) is 21.3. The molecule has 36 heavy (non-hydrogen) atoms. The van der Waals surface area contributed by atoms with Crippen LogP contribution in [-0.4, -0.2) is 23.9 Å². The monoisotopic (exact) mass is 499 g/mol. The summed E-state index contributed by atoms with van der Waals surface area (Å²) in [5.74, 6) is 0.716. The molecule has 0 saturated carbocycles. The number of carbonyl (C=O) groups is 2. The number of methoxy groups -OCH3 is 1. The van der Waals surface area contributed by atoms with Crippen molar-refractivity contribution in [2.24, 2.45) is 0 Å². The van der Waals surface area contributed by atoms with Gasteiger partial charge in [0.15, 0.2) is 0 Å². The minimum Gasteiger partial charge on any atom is -0.495 e. The van der Waals surface area contributed by atoms with Crippen molar-refractivity contribution in [2.75, 3.05) is 17.7 Å². The van der Waals surface area contributed by atoms with E-state index >= 15 is 0 Å². The molecular formula is C28H25N3O4S. The first kappa shape index (κ1) is 24.7. The number of thiazole rings is 1. The summed E-state index contributed by atoms with van der Waals surface area (Å²) in [6.07, 6.45) is 3.16. The maximum absolute atomic E-state index is 12.6. The van der Waals surface area contributed by atoms with Gasteiger partial charge in [0, 0.05) is 22.7 Å². The fourth-order valence-corrected chi connectivity index (χ4v) is 3.94.